The van der Waals surface area contributed by atoms with Crippen molar-refractivity contribution >= 4 is 57.5 Å². The van der Waals surface area contributed by atoms with E-state index in [1.54, 1.807) is 29.6 Å². The Labute approximate surface area is 158 Å². The largest absolute Gasteiger partial charge is 0.449 e. The maximum absolute atomic E-state index is 12.0. The highest BCUT2D eigenvalue weighted by Crippen LogP contribution is 2.23. The van der Waals surface area contributed by atoms with Crippen LogP contribution in [-0.2, 0) is 14.3 Å². The van der Waals surface area contributed by atoms with Gasteiger partial charge in [0.15, 0.2) is 6.10 Å². The van der Waals surface area contributed by atoms with Gasteiger partial charge in [0.1, 0.15) is 11.1 Å². The Morgan fingerprint density at radius 3 is 2.76 bits per heavy atom. The van der Waals surface area contributed by atoms with E-state index >= 15 is 0 Å². The summed E-state index contributed by atoms with van der Waals surface area (Å²) in [5.41, 5.74) is 1.03. The molecule has 2 rings (SSSR count). The van der Waals surface area contributed by atoms with Crippen molar-refractivity contribution < 1.29 is 14.3 Å². The monoisotopic (exact) mass is 394 g/mol. The zero-order valence-electron chi connectivity index (χ0n) is 13.0. The summed E-state index contributed by atoms with van der Waals surface area (Å²) >= 11 is 12.9. The predicted molar refractivity (Wildman–Crippen MR) is 98.7 cm³/mol. The van der Waals surface area contributed by atoms with Gasteiger partial charge >= 0.3 is 5.97 Å². The maximum Gasteiger partial charge on any atom is 0.331 e. The first-order chi connectivity index (χ1) is 11.9. The third-order valence-electron chi connectivity index (χ3n) is 3.04. The van der Waals surface area contributed by atoms with Gasteiger partial charge in [-0.2, -0.15) is 5.26 Å². The summed E-state index contributed by atoms with van der Waals surface area (Å²) in [6.45, 7) is 1.44. The quantitative estimate of drug-likeness (QED) is 0.597. The highest BCUT2D eigenvalue weighted by molar-refractivity contribution is 7.14. The molecule has 0 unspecified atom stereocenters. The molecule has 1 aromatic heterocycles. The fourth-order valence-corrected chi connectivity index (χ4v) is 2.80. The van der Waals surface area contributed by atoms with Gasteiger partial charge in [0.25, 0.3) is 5.91 Å². The van der Waals surface area contributed by atoms with Crippen LogP contribution in [0.2, 0.25) is 10.0 Å². The highest BCUT2D eigenvalue weighted by atomic mass is 35.5. The van der Waals surface area contributed by atoms with Crippen LogP contribution < -0.4 is 5.32 Å². The van der Waals surface area contributed by atoms with E-state index in [-0.39, 0.29) is 0 Å². The standard InChI is InChI=1S/C17H12Cl2N2O3S/c1-10(16(23)21-17-12(9-20)6-7-25-17)24-15(22)5-3-11-2-4-13(18)14(19)8-11/h2-8,10H,1H3,(H,21,23)/b5-3+/t10-/m1/s1. The fourth-order valence-electron chi connectivity index (χ4n) is 1.75. The Balaban J connectivity index is 1.93. The van der Waals surface area contributed by atoms with Crippen LogP contribution >= 0.6 is 34.5 Å². The normalized spacial score (nSPS) is 11.8. The van der Waals surface area contributed by atoms with Crippen molar-refractivity contribution in [3.05, 3.63) is 56.9 Å². The van der Waals surface area contributed by atoms with Crippen LogP contribution in [0.4, 0.5) is 5.00 Å². The van der Waals surface area contributed by atoms with Crippen molar-refractivity contribution in [3.63, 3.8) is 0 Å². The van der Waals surface area contributed by atoms with Crippen LogP contribution in [0, 0.1) is 11.3 Å². The molecule has 0 aliphatic heterocycles. The number of ether oxygens (including phenoxy) is 1. The van der Waals surface area contributed by atoms with Crippen molar-refractivity contribution in [1.29, 1.82) is 5.26 Å². The van der Waals surface area contributed by atoms with Crippen LogP contribution in [0.3, 0.4) is 0 Å². The van der Waals surface area contributed by atoms with Crippen molar-refractivity contribution in [2.24, 2.45) is 0 Å². The van der Waals surface area contributed by atoms with Crippen LogP contribution in [0.15, 0.2) is 35.7 Å². The van der Waals surface area contributed by atoms with Crippen LogP contribution in [-0.4, -0.2) is 18.0 Å². The minimum atomic E-state index is -1.01. The summed E-state index contributed by atoms with van der Waals surface area (Å²) in [5, 5.41) is 14.4. The molecular formula is C17H12Cl2N2O3S. The number of anilines is 1. The van der Waals surface area contributed by atoms with Gasteiger partial charge < -0.3 is 10.1 Å². The van der Waals surface area contributed by atoms with Crippen molar-refractivity contribution in [1.82, 2.24) is 0 Å². The molecule has 0 aliphatic carbocycles. The number of nitrogens with zero attached hydrogens (tertiary/aromatic N) is 1. The maximum atomic E-state index is 12.0. The van der Waals surface area contributed by atoms with Gasteiger partial charge in [-0.25, -0.2) is 4.79 Å². The lowest BCUT2D eigenvalue weighted by molar-refractivity contribution is -0.148. The molecule has 0 saturated heterocycles. The second-order valence-corrected chi connectivity index (χ2v) is 6.58. The van der Waals surface area contributed by atoms with E-state index in [0.29, 0.717) is 26.2 Å². The first kappa shape index (κ1) is 19.0. The van der Waals surface area contributed by atoms with Gasteiger partial charge in [-0.05, 0) is 42.1 Å². The van der Waals surface area contributed by atoms with E-state index in [2.05, 4.69) is 5.32 Å². The Morgan fingerprint density at radius 2 is 2.08 bits per heavy atom. The Kier molecular flexibility index (Phi) is 6.59. The molecule has 2 aromatic rings. The van der Waals surface area contributed by atoms with Crippen LogP contribution in [0.1, 0.15) is 18.1 Å². The third-order valence-corrected chi connectivity index (χ3v) is 4.61. The molecule has 0 spiro atoms. The fraction of sp³-hybridized carbons (Fsp3) is 0.118. The molecule has 1 aromatic carbocycles. The Bertz CT molecular complexity index is 871. The first-order valence-corrected chi connectivity index (χ1v) is 8.66. The number of hydrogen-bond acceptors (Lipinski definition) is 5. The topological polar surface area (TPSA) is 79.2 Å². The summed E-state index contributed by atoms with van der Waals surface area (Å²) in [6, 6.07) is 8.46. The highest BCUT2D eigenvalue weighted by Gasteiger charge is 2.18. The van der Waals surface area contributed by atoms with Crippen LogP contribution in [0.5, 0.6) is 0 Å². The number of carbonyl (C=O) groups excluding carboxylic acids is 2. The smallest absolute Gasteiger partial charge is 0.331 e. The number of halogens is 2. The number of benzene rings is 1. The summed E-state index contributed by atoms with van der Waals surface area (Å²) < 4.78 is 5.04. The van der Waals surface area contributed by atoms with Crippen LogP contribution in [0.25, 0.3) is 6.08 Å². The van der Waals surface area contributed by atoms with E-state index in [9.17, 15) is 9.59 Å². The molecule has 0 fully saturated rings. The number of hydrogen-bond donors (Lipinski definition) is 1. The number of thiophene rings is 1. The van der Waals surface area contributed by atoms with E-state index in [1.165, 1.54) is 30.4 Å². The summed E-state index contributed by atoms with van der Waals surface area (Å²) in [4.78, 5) is 23.8. The molecule has 128 valence electrons. The second kappa shape index (κ2) is 8.67. The molecule has 1 amide bonds. The van der Waals surface area contributed by atoms with Crippen molar-refractivity contribution in [2.45, 2.75) is 13.0 Å². The second-order valence-electron chi connectivity index (χ2n) is 4.85. The molecule has 25 heavy (non-hydrogen) atoms. The van der Waals surface area contributed by atoms with Crippen molar-refractivity contribution in [3.8, 4) is 6.07 Å². The summed E-state index contributed by atoms with van der Waals surface area (Å²) in [7, 11) is 0. The van der Waals surface area contributed by atoms with Gasteiger partial charge in [0.05, 0.1) is 15.6 Å². The molecule has 1 N–H and O–H groups in total. The molecule has 1 heterocycles. The lowest BCUT2D eigenvalue weighted by atomic mass is 10.2. The lowest BCUT2D eigenvalue weighted by Gasteiger charge is -2.11. The Morgan fingerprint density at radius 1 is 1.32 bits per heavy atom. The third kappa shape index (κ3) is 5.33. The summed E-state index contributed by atoms with van der Waals surface area (Å²) in [5.74, 6) is -1.20. The number of nitriles is 1. The molecule has 8 heteroatoms. The van der Waals surface area contributed by atoms with Gasteiger partial charge in [-0.15, -0.1) is 11.3 Å². The van der Waals surface area contributed by atoms with Gasteiger partial charge in [-0.1, -0.05) is 29.3 Å². The molecule has 0 radical (unpaired) electrons. The van der Waals surface area contributed by atoms with E-state index < -0.39 is 18.0 Å². The van der Waals surface area contributed by atoms with Crippen molar-refractivity contribution in [2.75, 3.05) is 5.32 Å². The minimum Gasteiger partial charge on any atom is -0.449 e. The number of carbonyl (C=O) groups is 2. The van der Waals surface area contributed by atoms with E-state index in [4.69, 9.17) is 33.2 Å². The zero-order chi connectivity index (χ0) is 18.4. The van der Waals surface area contributed by atoms with Gasteiger partial charge in [-0.3, -0.25) is 4.79 Å². The first-order valence-electron chi connectivity index (χ1n) is 7.03. The van der Waals surface area contributed by atoms with E-state index in [0.717, 1.165) is 0 Å². The number of amides is 1. The van der Waals surface area contributed by atoms with Gasteiger partial charge in [0, 0.05) is 6.08 Å². The molecule has 0 saturated carbocycles. The number of rotatable bonds is 5. The van der Waals surface area contributed by atoms with Gasteiger partial charge in [0.2, 0.25) is 0 Å². The molecule has 1 atom stereocenters. The molecular weight excluding hydrogens is 383 g/mol. The number of esters is 1. The Hall–Kier alpha value is -2.33. The predicted octanol–water partition coefficient (Wildman–Crippen LogP) is 4.51. The van der Waals surface area contributed by atoms with E-state index in [1.807, 2.05) is 6.07 Å². The molecule has 0 aliphatic rings. The lowest BCUT2D eigenvalue weighted by Crippen LogP contribution is -2.29. The zero-order valence-corrected chi connectivity index (χ0v) is 15.3. The SMILES string of the molecule is C[C@@H](OC(=O)/C=C/c1ccc(Cl)c(Cl)c1)C(=O)Nc1sccc1C#N. The average Bonchev–Trinajstić information content (AvgIpc) is 3.03. The minimum absolute atomic E-state index is 0.358. The molecule has 0 bridgehead atoms. The molecule has 5 nitrogen and oxygen atoms in total. The average molecular weight is 395 g/mol. The summed E-state index contributed by atoms with van der Waals surface area (Å²) in [6.07, 6.45) is 1.68. The number of nitrogens with one attached hydrogen (secondary N) is 1.